The first-order valence-electron chi connectivity index (χ1n) is 5.53. The van der Waals surface area contributed by atoms with Gasteiger partial charge in [-0.2, -0.15) is 0 Å². The molecule has 0 heterocycles. The van der Waals surface area contributed by atoms with Gasteiger partial charge in [-0.1, -0.05) is 13.0 Å². The minimum atomic E-state index is 0.491. The molecule has 1 aliphatic carbocycles. The van der Waals surface area contributed by atoms with Crippen LogP contribution in [0.5, 0.6) is 5.75 Å². The van der Waals surface area contributed by atoms with Gasteiger partial charge >= 0.3 is 0 Å². The number of methoxy groups -OCH3 is 1. The van der Waals surface area contributed by atoms with Gasteiger partial charge in [0.25, 0.3) is 0 Å². The molecule has 2 nitrogen and oxygen atoms in total. The van der Waals surface area contributed by atoms with Crippen LogP contribution in [0.1, 0.15) is 42.0 Å². The highest BCUT2D eigenvalue weighted by atomic mass is 16.5. The topological polar surface area (TPSA) is 21.3 Å². The summed E-state index contributed by atoms with van der Waals surface area (Å²) in [6.07, 6.45) is 1.17. The highest BCUT2D eigenvalue weighted by Crippen LogP contribution is 2.45. The first-order chi connectivity index (χ1) is 7.19. The maximum atomic E-state index is 5.45. The lowest BCUT2D eigenvalue weighted by molar-refractivity contribution is 0.407. The molecule has 82 valence electrons. The van der Waals surface area contributed by atoms with Crippen molar-refractivity contribution in [1.29, 1.82) is 0 Å². The molecule has 15 heavy (non-hydrogen) atoms. The minimum absolute atomic E-state index is 0.491. The van der Waals surface area contributed by atoms with Gasteiger partial charge in [-0.05, 0) is 43.5 Å². The summed E-state index contributed by atoms with van der Waals surface area (Å²) >= 11 is 0. The summed E-state index contributed by atoms with van der Waals surface area (Å²) in [4.78, 5) is 0. The van der Waals surface area contributed by atoms with Gasteiger partial charge in [0.05, 0.1) is 7.11 Å². The monoisotopic (exact) mass is 205 g/mol. The van der Waals surface area contributed by atoms with E-state index in [1.165, 1.54) is 23.1 Å². The second kappa shape index (κ2) is 3.86. The molecule has 0 saturated heterocycles. The van der Waals surface area contributed by atoms with Crippen LogP contribution in [0.2, 0.25) is 0 Å². The number of hydrogen-bond donors (Lipinski definition) is 1. The molecule has 1 aromatic carbocycles. The standard InChI is InChI=1S/C13H19NO/c1-8-5-6-11(15-4)13-9(2)7-10(14-3)12(8)13/h5-6,9-10,14H,7H2,1-4H3. The number of hydrogen-bond acceptors (Lipinski definition) is 2. The molecule has 0 aliphatic heterocycles. The average Bonchev–Trinajstić information content (AvgIpc) is 2.58. The summed E-state index contributed by atoms with van der Waals surface area (Å²) in [5.41, 5.74) is 4.22. The first-order valence-corrected chi connectivity index (χ1v) is 5.53. The lowest BCUT2D eigenvalue weighted by atomic mass is 9.98. The zero-order valence-electron chi connectivity index (χ0n) is 9.92. The van der Waals surface area contributed by atoms with Crippen LogP contribution < -0.4 is 10.1 Å². The number of aryl methyl sites for hydroxylation is 1. The van der Waals surface area contributed by atoms with Crippen LogP contribution in [0.15, 0.2) is 12.1 Å². The maximum Gasteiger partial charge on any atom is 0.122 e. The van der Waals surface area contributed by atoms with Crippen molar-refractivity contribution in [2.45, 2.75) is 32.2 Å². The van der Waals surface area contributed by atoms with Crippen LogP contribution in [0.25, 0.3) is 0 Å². The molecule has 0 spiro atoms. The van der Waals surface area contributed by atoms with Gasteiger partial charge in [0.15, 0.2) is 0 Å². The molecule has 1 aromatic rings. The van der Waals surface area contributed by atoms with E-state index in [-0.39, 0.29) is 0 Å². The van der Waals surface area contributed by atoms with Crippen molar-refractivity contribution in [2.75, 3.05) is 14.2 Å². The van der Waals surface area contributed by atoms with E-state index in [1.54, 1.807) is 7.11 Å². The number of ether oxygens (including phenoxy) is 1. The van der Waals surface area contributed by atoms with Gasteiger partial charge in [0.2, 0.25) is 0 Å². The molecule has 0 fully saturated rings. The molecule has 1 N–H and O–H groups in total. The Bertz CT molecular complexity index is 373. The number of benzene rings is 1. The third-order valence-corrected chi connectivity index (χ3v) is 3.46. The van der Waals surface area contributed by atoms with Crippen LogP contribution in [0, 0.1) is 6.92 Å². The van der Waals surface area contributed by atoms with Crippen molar-refractivity contribution in [3.8, 4) is 5.75 Å². The Morgan fingerprint density at radius 3 is 2.67 bits per heavy atom. The lowest BCUT2D eigenvalue weighted by Crippen LogP contribution is -2.14. The van der Waals surface area contributed by atoms with Crippen LogP contribution >= 0.6 is 0 Å². The maximum absolute atomic E-state index is 5.45. The Kier molecular flexibility index (Phi) is 2.70. The zero-order chi connectivity index (χ0) is 11.0. The first kappa shape index (κ1) is 10.5. The predicted octanol–water partition coefficient (Wildman–Crippen LogP) is 2.77. The fourth-order valence-electron chi connectivity index (χ4n) is 2.73. The summed E-state index contributed by atoms with van der Waals surface area (Å²) in [6, 6.07) is 4.73. The van der Waals surface area contributed by atoms with E-state index in [0.717, 1.165) is 5.75 Å². The van der Waals surface area contributed by atoms with Crippen molar-refractivity contribution in [2.24, 2.45) is 0 Å². The number of rotatable bonds is 2. The second-order valence-electron chi connectivity index (χ2n) is 4.39. The smallest absolute Gasteiger partial charge is 0.122 e. The van der Waals surface area contributed by atoms with E-state index < -0.39 is 0 Å². The molecule has 0 radical (unpaired) electrons. The highest BCUT2D eigenvalue weighted by Gasteiger charge is 2.31. The van der Waals surface area contributed by atoms with Gasteiger partial charge in [-0.15, -0.1) is 0 Å². The Hall–Kier alpha value is -1.02. The molecule has 0 aromatic heterocycles. The summed E-state index contributed by atoms with van der Waals surface area (Å²) in [6.45, 7) is 4.46. The van der Waals surface area contributed by atoms with E-state index in [4.69, 9.17) is 4.74 Å². The van der Waals surface area contributed by atoms with Crippen LogP contribution in [-0.2, 0) is 0 Å². The molecule has 2 atom stereocenters. The fourth-order valence-corrected chi connectivity index (χ4v) is 2.73. The van der Waals surface area contributed by atoms with E-state index >= 15 is 0 Å². The molecule has 0 amide bonds. The van der Waals surface area contributed by atoms with Crippen LogP contribution in [0.3, 0.4) is 0 Å². The third-order valence-electron chi connectivity index (χ3n) is 3.46. The fraction of sp³-hybridized carbons (Fsp3) is 0.538. The van der Waals surface area contributed by atoms with Crippen molar-refractivity contribution < 1.29 is 4.74 Å². The van der Waals surface area contributed by atoms with Crippen molar-refractivity contribution in [3.63, 3.8) is 0 Å². The molecule has 0 bridgehead atoms. The van der Waals surface area contributed by atoms with Crippen molar-refractivity contribution >= 4 is 0 Å². The van der Waals surface area contributed by atoms with Gasteiger partial charge in [-0.25, -0.2) is 0 Å². The summed E-state index contributed by atoms with van der Waals surface area (Å²) in [5, 5.41) is 3.39. The lowest BCUT2D eigenvalue weighted by Gasteiger charge is -2.15. The minimum Gasteiger partial charge on any atom is -0.496 e. The van der Waals surface area contributed by atoms with E-state index in [9.17, 15) is 0 Å². The van der Waals surface area contributed by atoms with Crippen LogP contribution in [0.4, 0.5) is 0 Å². The molecule has 2 heteroatoms. The average molecular weight is 205 g/mol. The Morgan fingerprint density at radius 1 is 1.33 bits per heavy atom. The highest BCUT2D eigenvalue weighted by molar-refractivity contribution is 5.51. The van der Waals surface area contributed by atoms with Gasteiger partial charge in [0.1, 0.15) is 5.75 Å². The molecule has 2 unspecified atom stereocenters. The van der Waals surface area contributed by atoms with E-state index in [1.807, 2.05) is 7.05 Å². The van der Waals surface area contributed by atoms with Crippen molar-refractivity contribution in [1.82, 2.24) is 5.32 Å². The Morgan fingerprint density at radius 2 is 2.07 bits per heavy atom. The molecule has 0 saturated carbocycles. The normalized spacial score (nSPS) is 24.0. The SMILES string of the molecule is CNC1CC(C)c2c(OC)ccc(C)c21. The number of nitrogens with one attached hydrogen (secondary N) is 1. The third kappa shape index (κ3) is 1.53. The quantitative estimate of drug-likeness (QED) is 0.801. The second-order valence-corrected chi connectivity index (χ2v) is 4.39. The molecular weight excluding hydrogens is 186 g/mol. The van der Waals surface area contributed by atoms with Gasteiger partial charge in [-0.3, -0.25) is 0 Å². The van der Waals surface area contributed by atoms with E-state index in [0.29, 0.717) is 12.0 Å². The molecule has 1 aliphatic rings. The van der Waals surface area contributed by atoms with Crippen LogP contribution in [-0.4, -0.2) is 14.2 Å². The summed E-state index contributed by atoms with van der Waals surface area (Å²) in [7, 11) is 3.79. The predicted molar refractivity (Wildman–Crippen MR) is 62.6 cm³/mol. The van der Waals surface area contributed by atoms with E-state index in [2.05, 4.69) is 31.3 Å². The Balaban J connectivity index is 2.59. The molecular formula is C13H19NO. The number of fused-ring (bicyclic) bond motifs is 1. The molecule has 2 rings (SSSR count). The van der Waals surface area contributed by atoms with Crippen molar-refractivity contribution in [3.05, 3.63) is 28.8 Å². The van der Waals surface area contributed by atoms with Gasteiger partial charge in [0, 0.05) is 11.6 Å². The summed E-state index contributed by atoms with van der Waals surface area (Å²) < 4.78 is 5.45. The largest absolute Gasteiger partial charge is 0.496 e. The van der Waals surface area contributed by atoms with Gasteiger partial charge < -0.3 is 10.1 Å². The zero-order valence-corrected chi connectivity index (χ0v) is 9.92. The Labute approximate surface area is 91.6 Å². The summed E-state index contributed by atoms with van der Waals surface area (Å²) in [5.74, 6) is 1.63.